The summed E-state index contributed by atoms with van der Waals surface area (Å²) < 4.78 is 35.0. The normalized spacial score (nSPS) is 13.5. The van der Waals surface area contributed by atoms with Crippen molar-refractivity contribution in [3.8, 4) is 12.3 Å². The Balaban J connectivity index is 4.16. The Morgan fingerprint density at radius 1 is 1.58 bits per heavy atom. The summed E-state index contributed by atoms with van der Waals surface area (Å²) in [6.07, 6.45) is -1.53. The molecule has 1 N–H and O–H groups in total. The SMILES string of the molecule is C#CCC(CC(F)(F)F)C(=O)O. The quantitative estimate of drug-likeness (QED) is 0.670. The minimum absolute atomic E-state index is 0.394. The second-order valence-electron chi connectivity index (χ2n) is 2.26. The number of hydrogen-bond donors (Lipinski definition) is 1. The number of carboxylic acid groups (broad SMARTS) is 1. The maximum Gasteiger partial charge on any atom is 0.389 e. The molecule has 2 nitrogen and oxygen atoms in total. The Bertz CT molecular complexity index is 202. The largest absolute Gasteiger partial charge is 0.481 e. The summed E-state index contributed by atoms with van der Waals surface area (Å²) in [5.41, 5.74) is 0. The van der Waals surface area contributed by atoms with Crippen LogP contribution in [0.3, 0.4) is 0 Å². The fraction of sp³-hybridized carbons (Fsp3) is 0.571. The van der Waals surface area contributed by atoms with E-state index in [-0.39, 0.29) is 0 Å². The van der Waals surface area contributed by atoms with Crippen molar-refractivity contribution in [2.24, 2.45) is 5.92 Å². The van der Waals surface area contributed by atoms with Crippen LogP contribution in [0.25, 0.3) is 0 Å². The van der Waals surface area contributed by atoms with Gasteiger partial charge in [0, 0.05) is 6.42 Å². The Morgan fingerprint density at radius 3 is 2.33 bits per heavy atom. The summed E-state index contributed by atoms with van der Waals surface area (Å²) in [5.74, 6) is -1.14. The van der Waals surface area contributed by atoms with Gasteiger partial charge in [0.15, 0.2) is 0 Å². The van der Waals surface area contributed by atoms with Crippen molar-refractivity contribution >= 4 is 5.97 Å². The van der Waals surface area contributed by atoms with Crippen LogP contribution in [0.1, 0.15) is 12.8 Å². The van der Waals surface area contributed by atoms with Crippen molar-refractivity contribution in [2.75, 3.05) is 0 Å². The number of aliphatic carboxylic acids is 1. The molecule has 0 saturated heterocycles. The minimum atomic E-state index is -4.47. The zero-order chi connectivity index (χ0) is 9.78. The van der Waals surface area contributed by atoms with Gasteiger partial charge >= 0.3 is 12.1 Å². The summed E-state index contributed by atoms with van der Waals surface area (Å²) in [7, 11) is 0. The Hall–Kier alpha value is -1.18. The predicted octanol–water partition coefficient (Wildman–Crippen LogP) is 1.66. The van der Waals surface area contributed by atoms with Crippen molar-refractivity contribution < 1.29 is 23.1 Å². The lowest BCUT2D eigenvalue weighted by Crippen LogP contribution is -2.21. The highest BCUT2D eigenvalue weighted by atomic mass is 19.4. The van der Waals surface area contributed by atoms with Crippen LogP contribution < -0.4 is 0 Å². The molecule has 0 fully saturated rings. The topological polar surface area (TPSA) is 37.3 Å². The third kappa shape index (κ3) is 4.61. The van der Waals surface area contributed by atoms with Crippen LogP contribution in [0.4, 0.5) is 13.2 Å². The maximum absolute atomic E-state index is 11.7. The summed E-state index contributed by atoms with van der Waals surface area (Å²) in [5, 5.41) is 8.27. The molecule has 0 rings (SSSR count). The van der Waals surface area contributed by atoms with Crippen molar-refractivity contribution in [3.63, 3.8) is 0 Å². The van der Waals surface area contributed by atoms with Crippen LogP contribution in [0.15, 0.2) is 0 Å². The molecule has 0 saturated carbocycles. The molecule has 0 aliphatic carbocycles. The zero-order valence-corrected chi connectivity index (χ0v) is 6.06. The van der Waals surface area contributed by atoms with Gasteiger partial charge in [-0.2, -0.15) is 13.2 Å². The second-order valence-corrected chi connectivity index (χ2v) is 2.26. The zero-order valence-electron chi connectivity index (χ0n) is 6.06. The standard InChI is InChI=1S/C7H7F3O2/c1-2-3-5(6(11)12)4-7(8,9)10/h1,5H,3-4H2,(H,11,12). The number of carboxylic acids is 1. The third-order valence-corrected chi connectivity index (χ3v) is 1.19. The molecule has 0 spiro atoms. The van der Waals surface area contributed by atoms with Crippen LogP contribution in [-0.4, -0.2) is 17.3 Å². The molecule has 1 atom stereocenters. The molecule has 0 bridgehead atoms. The molecule has 0 aromatic heterocycles. The van der Waals surface area contributed by atoms with Crippen molar-refractivity contribution in [1.29, 1.82) is 0 Å². The number of hydrogen-bond acceptors (Lipinski definition) is 1. The second kappa shape index (κ2) is 4.00. The lowest BCUT2D eigenvalue weighted by Gasteiger charge is -2.11. The van der Waals surface area contributed by atoms with Gasteiger partial charge in [-0.3, -0.25) is 4.79 Å². The molecule has 0 aromatic rings. The van der Waals surface area contributed by atoms with E-state index in [9.17, 15) is 18.0 Å². The first kappa shape index (κ1) is 10.8. The van der Waals surface area contributed by atoms with Crippen LogP contribution in [0, 0.1) is 18.3 Å². The Labute approximate surface area is 67.4 Å². The highest BCUT2D eigenvalue weighted by molar-refractivity contribution is 5.70. The van der Waals surface area contributed by atoms with Crippen LogP contribution in [0.2, 0.25) is 0 Å². The van der Waals surface area contributed by atoms with Gasteiger partial charge in [-0.1, -0.05) is 0 Å². The molecular formula is C7H7F3O2. The first-order valence-corrected chi connectivity index (χ1v) is 3.10. The Morgan fingerprint density at radius 2 is 2.08 bits per heavy atom. The number of halogens is 3. The van der Waals surface area contributed by atoms with Gasteiger partial charge in [0.05, 0.1) is 12.3 Å². The van der Waals surface area contributed by atoms with Crippen LogP contribution >= 0.6 is 0 Å². The molecule has 0 aromatic carbocycles. The average molecular weight is 180 g/mol. The van der Waals surface area contributed by atoms with Gasteiger partial charge in [-0.15, -0.1) is 12.3 Å². The minimum Gasteiger partial charge on any atom is -0.481 e. The van der Waals surface area contributed by atoms with E-state index in [1.165, 1.54) is 0 Å². The van der Waals surface area contributed by atoms with Crippen LogP contribution in [-0.2, 0) is 4.79 Å². The fourth-order valence-electron chi connectivity index (χ4n) is 0.668. The smallest absolute Gasteiger partial charge is 0.389 e. The van der Waals surface area contributed by atoms with Gasteiger partial charge in [0.25, 0.3) is 0 Å². The molecule has 0 radical (unpaired) electrons. The average Bonchev–Trinajstić information content (AvgIpc) is 1.83. The van der Waals surface area contributed by atoms with E-state index in [0.717, 1.165) is 0 Å². The number of terminal acetylenes is 1. The predicted molar refractivity (Wildman–Crippen MR) is 35.2 cm³/mol. The maximum atomic E-state index is 11.7. The molecule has 0 heterocycles. The van der Waals surface area contributed by atoms with Crippen molar-refractivity contribution in [3.05, 3.63) is 0 Å². The van der Waals surface area contributed by atoms with E-state index in [1.807, 2.05) is 5.92 Å². The van der Waals surface area contributed by atoms with Crippen LogP contribution in [0.5, 0.6) is 0 Å². The molecule has 1 unspecified atom stereocenters. The molecule has 12 heavy (non-hydrogen) atoms. The third-order valence-electron chi connectivity index (χ3n) is 1.19. The van der Waals surface area contributed by atoms with Crippen molar-refractivity contribution in [1.82, 2.24) is 0 Å². The lowest BCUT2D eigenvalue weighted by atomic mass is 10.0. The molecule has 68 valence electrons. The fourth-order valence-corrected chi connectivity index (χ4v) is 0.668. The number of alkyl halides is 3. The van der Waals surface area contributed by atoms with E-state index in [0.29, 0.717) is 0 Å². The monoisotopic (exact) mass is 180 g/mol. The first-order chi connectivity index (χ1) is 5.37. The number of rotatable bonds is 3. The highest BCUT2D eigenvalue weighted by Crippen LogP contribution is 2.26. The number of carbonyl (C=O) groups is 1. The molecular weight excluding hydrogens is 173 g/mol. The Kier molecular flexibility index (Phi) is 3.61. The van der Waals surface area contributed by atoms with Gasteiger partial charge in [-0.05, 0) is 0 Å². The van der Waals surface area contributed by atoms with Gasteiger partial charge in [0.2, 0.25) is 0 Å². The summed E-state index contributed by atoms with van der Waals surface area (Å²) in [6, 6.07) is 0. The van der Waals surface area contributed by atoms with Gasteiger partial charge in [0.1, 0.15) is 0 Å². The lowest BCUT2D eigenvalue weighted by molar-refractivity contribution is -0.163. The highest BCUT2D eigenvalue weighted by Gasteiger charge is 2.34. The molecule has 5 heteroatoms. The van der Waals surface area contributed by atoms with E-state index >= 15 is 0 Å². The van der Waals surface area contributed by atoms with E-state index in [2.05, 4.69) is 0 Å². The van der Waals surface area contributed by atoms with E-state index < -0.39 is 30.9 Å². The molecule has 0 aliphatic heterocycles. The molecule has 0 aliphatic rings. The summed E-state index contributed by atoms with van der Waals surface area (Å²) in [4.78, 5) is 10.2. The molecule has 0 amide bonds. The van der Waals surface area contributed by atoms with Gasteiger partial charge in [-0.25, -0.2) is 0 Å². The summed E-state index contributed by atoms with van der Waals surface area (Å²) >= 11 is 0. The van der Waals surface area contributed by atoms with E-state index in [4.69, 9.17) is 11.5 Å². The van der Waals surface area contributed by atoms with E-state index in [1.54, 1.807) is 0 Å². The van der Waals surface area contributed by atoms with Gasteiger partial charge < -0.3 is 5.11 Å². The summed E-state index contributed by atoms with van der Waals surface area (Å²) in [6.45, 7) is 0. The first-order valence-electron chi connectivity index (χ1n) is 3.10. The van der Waals surface area contributed by atoms with Crippen molar-refractivity contribution in [2.45, 2.75) is 19.0 Å².